The lowest BCUT2D eigenvalue weighted by molar-refractivity contribution is -0.196. The van der Waals surface area contributed by atoms with Crippen LogP contribution in [0.4, 0.5) is 0 Å². The monoisotopic (exact) mass is 312 g/mol. The van der Waals surface area contributed by atoms with Crippen LogP contribution in [0.1, 0.15) is 86.0 Å². The van der Waals surface area contributed by atoms with Crippen molar-refractivity contribution in [1.29, 1.82) is 0 Å². The average Bonchev–Trinajstić information content (AvgIpc) is 2.46. The van der Waals surface area contributed by atoms with E-state index in [0.717, 1.165) is 24.7 Å². The van der Waals surface area contributed by atoms with Crippen LogP contribution in [0.15, 0.2) is 11.6 Å². The van der Waals surface area contributed by atoms with E-state index in [-0.39, 0.29) is 0 Å². The van der Waals surface area contributed by atoms with E-state index in [2.05, 4.69) is 33.8 Å². The molecule has 2 nitrogen and oxygen atoms in total. The molecule has 0 N–H and O–H groups in total. The van der Waals surface area contributed by atoms with Gasteiger partial charge in [0.2, 0.25) is 0 Å². The zero-order valence-electron chi connectivity index (χ0n) is 16.2. The van der Waals surface area contributed by atoms with Crippen LogP contribution in [0.5, 0.6) is 0 Å². The molecule has 0 rings (SSSR count). The smallest absolute Gasteiger partial charge is 0.165 e. The summed E-state index contributed by atoms with van der Waals surface area (Å²) in [6, 6.07) is 0. The predicted octanol–water partition coefficient (Wildman–Crippen LogP) is 6.35. The molecule has 0 spiro atoms. The molecule has 22 heavy (non-hydrogen) atoms. The van der Waals surface area contributed by atoms with Crippen molar-refractivity contribution in [3.05, 3.63) is 11.6 Å². The third kappa shape index (κ3) is 11.3. The molecule has 0 aromatic carbocycles. The van der Waals surface area contributed by atoms with Crippen molar-refractivity contribution >= 4 is 0 Å². The lowest BCUT2D eigenvalue weighted by Gasteiger charge is -2.25. The number of hydrogen-bond donors (Lipinski definition) is 0. The van der Waals surface area contributed by atoms with E-state index in [0.29, 0.717) is 0 Å². The minimum Gasteiger partial charge on any atom is -0.353 e. The van der Waals surface area contributed by atoms with Crippen LogP contribution in [0, 0.1) is 11.8 Å². The van der Waals surface area contributed by atoms with Crippen LogP contribution >= 0.6 is 0 Å². The Morgan fingerprint density at radius 2 is 1.59 bits per heavy atom. The Kier molecular flexibility index (Phi) is 11.9. The fourth-order valence-corrected chi connectivity index (χ4v) is 2.72. The molecule has 0 aliphatic heterocycles. The van der Waals surface area contributed by atoms with E-state index in [1.54, 1.807) is 14.2 Å². The van der Waals surface area contributed by atoms with Gasteiger partial charge < -0.3 is 9.47 Å². The molecule has 0 aliphatic rings. The predicted molar refractivity (Wildman–Crippen MR) is 97.1 cm³/mol. The van der Waals surface area contributed by atoms with Gasteiger partial charge in [0, 0.05) is 20.6 Å². The molecule has 0 fully saturated rings. The van der Waals surface area contributed by atoms with Gasteiger partial charge in [-0.3, -0.25) is 0 Å². The summed E-state index contributed by atoms with van der Waals surface area (Å²) in [7, 11) is 3.42. The van der Waals surface area contributed by atoms with Crippen LogP contribution in [-0.2, 0) is 9.47 Å². The van der Waals surface area contributed by atoms with Gasteiger partial charge in [-0.2, -0.15) is 0 Å². The molecule has 0 heterocycles. The van der Waals surface area contributed by atoms with Gasteiger partial charge in [-0.05, 0) is 44.9 Å². The highest BCUT2D eigenvalue weighted by Gasteiger charge is 2.20. The van der Waals surface area contributed by atoms with Crippen LogP contribution in [0.3, 0.4) is 0 Å². The zero-order chi connectivity index (χ0) is 17.0. The van der Waals surface area contributed by atoms with E-state index >= 15 is 0 Å². The largest absolute Gasteiger partial charge is 0.353 e. The van der Waals surface area contributed by atoms with Crippen molar-refractivity contribution in [2.24, 2.45) is 11.8 Å². The van der Waals surface area contributed by atoms with Gasteiger partial charge in [-0.15, -0.1) is 0 Å². The molecule has 0 aromatic heterocycles. The van der Waals surface area contributed by atoms with Gasteiger partial charge in [0.25, 0.3) is 0 Å². The summed E-state index contributed by atoms with van der Waals surface area (Å²) in [5.74, 6) is 1.28. The van der Waals surface area contributed by atoms with Crippen LogP contribution < -0.4 is 0 Å². The fourth-order valence-electron chi connectivity index (χ4n) is 2.72. The molecule has 1 atom stereocenters. The van der Waals surface area contributed by atoms with Gasteiger partial charge in [-0.1, -0.05) is 58.1 Å². The molecule has 2 heteroatoms. The molecule has 0 bridgehead atoms. The van der Waals surface area contributed by atoms with E-state index in [1.165, 1.54) is 44.1 Å². The molecule has 0 aromatic rings. The first kappa shape index (κ1) is 21.7. The second-order valence-electron chi connectivity index (χ2n) is 7.45. The Morgan fingerprint density at radius 1 is 1.00 bits per heavy atom. The van der Waals surface area contributed by atoms with E-state index in [1.807, 2.05) is 6.92 Å². The molecule has 0 saturated heterocycles. The number of allylic oxidation sites excluding steroid dienone is 2. The van der Waals surface area contributed by atoms with Crippen molar-refractivity contribution in [2.45, 2.75) is 91.8 Å². The Labute approximate surface area is 139 Å². The number of hydrogen-bond acceptors (Lipinski definition) is 2. The first-order chi connectivity index (χ1) is 10.3. The maximum Gasteiger partial charge on any atom is 0.165 e. The first-order valence-corrected chi connectivity index (χ1v) is 9.09. The molecule has 0 unspecified atom stereocenters. The van der Waals surface area contributed by atoms with Crippen molar-refractivity contribution in [1.82, 2.24) is 0 Å². The molecule has 0 radical (unpaired) electrons. The molecule has 0 amide bonds. The lowest BCUT2D eigenvalue weighted by atomic mass is 9.94. The normalized spacial score (nSPS) is 14.6. The van der Waals surface area contributed by atoms with Crippen molar-refractivity contribution in [3.63, 3.8) is 0 Å². The summed E-state index contributed by atoms with van der Waals surface area (Å²) in [4.78, 5) is 0. The van der Waals surface area contributed by atoms with E-state index in [9.17, 15) is 0 Å². The topological polar surface area (TPSA) is 18.5 Å². The van der Waals surface area contributed by atoms with Crippen molar-refractivity contribution < 1.29 is 9.47 Å². The lowest BCUT2D eigenvalue weighted by Crippen LogP contribution is -2.29. The summed E-state index contributed by atoms with van der Waals surface area (Å²) in [5.41, 5.74) is 1.50. The van der Waals surface area contributed by atoms with E-state index < -0.39 is 5.79 Å². The summed E-state index contributed by atoms with van der Waals surface area (Å²) in [6.07, 6.45) is 12.3. The van der Waals surface area contributed by atoms with E-state index in [4.69, 9.17) is 9.47 Å². The van der Waals surface area contributed by atoms with Gasteiger partial charge in [-0.25, -0.2) is 0 Å². The summed E-state index contributed by atoms with van der Waals surface area (Å²) in [6.45, 7) is 11.3. The fraction of sp³-hybridized carbons (Fsp3) is 0.900. The minimum absolute atomic E-state index is 0.443. The summed E-state index contributed by atoms with van der Waals surface area (Å²) in [5, 5.41) is 0. The minimum atomic E-state index is -0.443. The van der Waals surface area contributed by atoms with Crippen molar-refractivity contribution in [2.75, 3.05) is 14.2 Å². The quantitative estimate of drug-likeness (QED) is 0.291. The highest BCUT2D eigenvalue weighted by Crippen LogP contribution is 2.21. The molecule has 132 valence electrons. The highest BCUT2D eigenvalue weighted by atomic mass is 16.7. The zero-order valence-corrected chi connectivity index (χ0v) is 16.2. The van der Waals surface area contributed by atoms with Gasteiger partial charge >= 0.3 is 0 Å². The molecule has 0 saturated carbocycles. The Balaban J connectivity index is 3.79. The first-order valence-electron chi connectivity index (χ1n) is 9.09. The molecular weight excluding hydrogens is 272 g/mol. The van der Waals surface area contributed by atoms with Gasteiger partial charge in [0.05, 0.1) is 0 Å². The second-order valence-corrected chi connectivity index (χ2v) is 7.45. The third-order valence-electron chi connectivity index (χ3n) is 4.70. The van der Waals surface area contributed by atoms with Crippen molar-refractivity contribution in [3.8, 4) is 0 Å². The van der Waals surface area contributed by atoms with Crippen LogP contribution in [0.2, 0.25) is 0 Å². The summed E-state index contributed by atoms with van der Waals surface area (Å²) >= 11 is 0. The standard InChI is InChI=1S/C20H40O2/c1-17(2)11-8-12-18(3)13-9-14-19(4)15-10-16-20(5,21-6)22-7/h15,17-18H,8-14,16H2,1-7H3/b19-15-/t18-/m1/s1. The second kappa shape index (κ2) is 12.1. The molecular formula is C20H40O2. The Hall–Kier alpha value is -0.340. The highest BCUT2D eigenvalue weighted by molar-refractivity contribution is 4.98. The Bertz CT molecular complexity index is 290. The SMILES string of the molecule is COC(C)(CC/C=C(/C)CCC[C@H](C)CCCC(C)C)OC. The number of ether oxygens (including phenoxy) is 2. The number of methoxy groups -OCH3 is 2. The third-order valence-corrected chi connectivity index (χ3v) is 4.70. The van der Waals surface area contributed by atoms with Crippen LogP contribution in [0.25, 0.3) is 0 Å². The Morgan fingerprint density at radius 3 is 2.14 bits per heavy atom. The molecule has 0 aliphatic carbocycles. The van der Waals surface area contributed by atoms with Crippen LogP contribution in [-0.4, -0.2) is 20.0 Å². The van der Waals surface area contributed by atoms with Gasteiger partial charge in [0.15, 0.2) is 5.79 Å². The summed E-state index contributed by atoms with van der Waals surface area (Å²) < 4.78 is 10.8. The maximum absolute atomic E-state index is 5.38. The number of rotatable bonds is 13. The van der Waals surface area contributed by atoms with Gasteiger partial charge in [0.1, 0.15) is 0 Å². The maximum atomic E-state index is 5.38. The average molecular weight is 313 g/mol.